The van der Waals surface area contributed by atoms with E-state index in [1.54, 1.807) is 0 Å². The van der Waals surface area contributed by atoms with Crippen LogP contribution in [-0.4, -0.2) is 33.4 Å². The third-order valence-electron chi connectivity index (χ3n) is 1.23. The molecule has 0 aliphatic heterocycles. The van der Waals surface area contributed by atoms with E-state index in [2.05, 4.69) is 4.74 Å². The first-order valence-electron chi connectivity index (χ1n) is 3.84. The maximum Gasteiger partial charge on any atom is 0.411 e. The lowest BCUT2D eigenvalue weighted by Gasteiger charge is -2.07. The van der Waals surface area contributed by atoms with E-state index in [0.29, 0.717) is 6.42 Å². The van der Waals surface area contributed by atoms with Crippen molar-refractivity contribution in [1.82, 2.24) is 0 Å². The fraction of sp³-hybridized carbons (Fsp3) is 1.00. The number of rotatable bonds is 6. The smallest absolute Gasteiger partial charge is 0.372 e. The molecule has 13 heavy (non-hydrogen) atoms. The molecule has 0 spiro atoms. The second kappa shape index (κ2) is 6.92. The van der Waals surface area contributed by atoms with E-state index >= 15 is 0 Å². The van der Waals surface area contributed by atoms with Gasteiger partial charge >= 0.3 is 6.18 Å². The van der Waals surface area contributed by atoms with E-state index in [1.807, 2.05) is 0 Å². The lowest BCUT2D eigenvalue weighted by molar-refractivity contribution is -0.173. The van der Waals surface area contributed by atoms with Crippen LogP contribution in [-0.2, 0) is 4.74 Å². The molecule has 0 aromatic heterocycles. The van der Waals surface area contributed by atoms with Gasteiger partial charge in [0.2, 0.25) is 0 Å². The molecule has 7 heteroatoms. The second-order valence-corrected chi connectivity index (χ2v) is 6.97. The van der Waals surface area contributed by atoms with E-state index < -0.39 is 22.3 Å². The van der Waals surface area contributed by atoms with Crippen LogP contribution in [0.15, 0.2) is 0 Å². The third kappa shape index (κ3) is 12.5. The molecule has 0 aromatic carbocycles. The molecule has 0 bridgehead atoms. The molecule has 0 aromatic rings. The zero-order valence-corrected chi connectivity index (χ0v) is 9.84. The number of hydrogen-bond acceptors (Lipinski definition) is 1. The first-order chi connectivity index (χ1) is 5.92. The van der Waals surface area contributed by atoms with Crippen molar-refractivity contribution < 1.29 is 17.9 Å². The maximum absolute atomic E-state index is 11.5. The van der Waals surface area contributed by atoms with Crippen molar-refractivity contribution >= 4 is 32.7 Å². The van der Waals surface area contributed by atoms with E-state index in [0.717, 1.165) is 6.04 Å². The highest BCUT2D eigenvalue weighted by molar-refractivity contribution is 6.68. The Hall–Kier alpha value is 0.547. The van der Waals surface area contributed by atoms with Crippen molar-refractivity contribution in [3.63, 3.8) is 0 Å². The van der Waals surface area contributed by atoms with Gasteiger partial charge in [0.1, 0.15) is 6.61 Å². The fourth-order valence-corrected chi connectivity index (χ4v) is 2.42. The van der Waals surface area contributed by atoms with Gasteiger partial charge in [0.25, 0.3) is 0 Å². The van der Waals surface area contributed by atoms with Crippen molar-refractivity contribution in [1.29, 1.82) is 0 Å². The number of halogens is 5. The number of alkyl halides is 5. The molecular formula is C6H11Cl2F3OSi. The Bertz CT molecular complexity index is 132. The summed E-state index contributed by atoms with van der Waals surface area (Å²) in [7, 11) is -0.546. The summed E-state index contributed by atoms with van der Waals surface area (Å²) in [6, 6.07) is 0.815. The van der Waals surface area contributed by atoms with Crippen LogP contribution in [0.2, 0.25) is 6.04 Å². The second-order valence-electron chi connectivity index (χ2n) is 2.55. The number of ether oxygens (including phenoxy) is 1. The molecular weight excluding hydrogens is 244 g/mol. The molecule has 0 saturated heterocycles. The lowest BCUT2D eigenvalue weighted by atomic mass is 10.5. The quantitative estimate of drug-likeness (QED) is 0.402. The molecule has 0 rings (SSSR count). The van der Waals surface area contributed by atoms with Gasteiger partial charge in [0, 0.05) is 6.61 Å². The van der Waals surface area contributed by atoms with Gasteiger partial charge in [-0.05, 0) is 6.42 Å². The molecule has 0 atom stereocenters. The fourth-order valence-electron chi connectivity index (χ4n) is 0.691. The summed E-state index contributed by atoms with van der Waals surface area (Å²) >= 11 is 10.9. The molecule has 80 valence electrons. The van der Waals surface area contributed by atoms with Gasteiger partial charge in [-0.2, -0.15) is 13.2 Å². The standard InChI is InChI=1S/C6H11Cl2F3OSi/c7-5(8)13-3-1-2-12-4-6(9,10)11/h5H,1-4,13H2. The van der Waals surface area contributed by atoms with Crippen LogP contribution in [0.5, 0.6) is 0 Å². The largest absolute Gasteiger partial charge is 0.411 e. The van der Waals surface area contributed by atoms with Crippen molar-refractivity contribution in [3.05, 3.63) is 0 Å². The number of hydrogen-bond donors (Lipinski definition) is 0. The Balaban J connectivity index is 3.09. The van der Waals surface area contributed by atoms with Gasteiger partial charge in [-0.15, -0.1) is 23.2 Å². The van der Waals surface area contributed by atoms with Crippen molar-refractivity contribution in [2.24, 2.45) is 0 Å². The van der Waals surface area contributed by atoms with E-state index in [-0.39, 0.29) is 11.1 Å². The maximum atomic E-state index is 11.5. The molecule has 0 fully saturated rings. The zero-order valence-electron chi connectivity index (χ0n) is 6.91. The topological polar surface area (TPSA) is 9.23 Å². The summed E-state index contributed by atoms with van der Waals surface area (Å²) in [5.41, 5.74) is 0. The molecule has 0 aliphatic rings. The van der Waals surface area contributed by atoms with Crippen LogP contribution >= 0.6 is 23.2 Å². The first kappa shape index (κ1) is 13.5. The Labute approximate surface area is 87.4 Å². The van der Waals surface area contributed by atoms with Gasteiger partial charge in [0.05, 0.1) is 14.0 Å². The van der Waals surface area contributed by atoms with Crippen LogP contribution in [0.25, 0.3) is 0 Å². The molecule has 0 unspecified atom stereocenters. The summed E-state index contributed by atoms with van der Waals surface area (Å²) < 4.78 is 38.7. The third-order valence-corrected chi connectivity index (χ3v) is 3.88. The first-order valence-corrected chi connectivity index (χ1v) is 6.53. The molecule has 0 aliphatic carbocycles. The predicted molar refractivity (Wildman–Crippen MR) is 50.3 cm³/mol. The van der Waals surface area contributed by atoms with Crippen LogP contribution in [0.1, 0.15) is 6.42 Å². The normalized spacial score (nSPS) is 13.4. The molecule has 1 nitrogen and oxygen atoms in total. The Morgan fingerprint density at radius 1 is 1.31 bits per heavy atom. The Morgan fingerprint density at radius 2 is 1.92 bits per heavy atom. The van der Waals surface area contributed by atoms with E-state index in [1.165, 1.54) is 0 Å². The summed E-state index contributed by atoms with van der Waals surface area (Å²) in [4.78, 5) is 0. The minimum atomic E-state index is -4.22. The average molecular weight is 255 g/mol. The summed E-state index contributed by atoms with van der Waals surface area (Å²) in [5, 5.41) is 0. The van der Waals surface area contributed by atoms with E-state index in [9.17, 15) is 13.2 Å². The molecule has 0 radical (unpaired) electrons. The van der Waals surface area contributed by atoms with Gasteiger partial charge in [-0.25, -0.2) is 0 Å². The Kier molecular flexibility index (Phi) is 7.21. The van der Waals surface area contributed by atoms with Gasteiger partial charge in [0.15, 0.2) is 0 Å². The van der Waals surface area contributed by atoms with E-state index in [4.69, 9.17) is 23.2 Å². The monoisotopic (exact) mass is 254 g/mol. The van der Waals surface area contributed by atoms with Crippen molar-refractivity contribution in [2.75, 3.05) is 13.2 Å². The van der Waals surface area contributed by atoms with Crippen molar-refractivity contribution in [3.8, 4) is 0 Å². The lowest BCUT2D eigenvalue weighted by Crippen LogP contribution is -2.17. The van der Waals surface area contributed by atoms with Crippen LogP contribution in [0, 0.1) is 0 Å². The highest BCUT2D eigenvalue weighted by atomic mass is 35.5. The highest BCUT2D eigenvalue weighted by Crippen LogP contribution is 2.14. The summed E-state index contributed by atoms with van der Waals surface area (Å²) in [6.45, 7) is -1.03. The minimum Gasteiger partial charge on any atom is -0.372 e. The Morgan fingerprint density at radius 3 is 2.38 bits per heavy atom. The van der Waals surface area contributed by atoms with Gasteiger partial charge in [-0.1, -0.05) is 6.04 Å². The minimum absolute atomic E-state index is 0.132. The molecule has 0 heterocycles. The van der Waals surface area contributed by atoms with Gasteiger partial charge in [-0.3, -0.25) is 0 Å². The molecule has 0 N–H and O–H groups in total. The summed E-state index contributed by atoms with van der Waals surface area (Å²) in [5.74, 6) is 0. The van der Waals surface area contributed by atoms with Gasteiger partial charge < -0.3 is 4.74 Å². The summed E-state index contributed by atoms with van der Waals surface area (Å²) in [6.07, 6.45) is -3.61. The average Bonchev–Trinajstić information content (AvgIpc) is 1.93. The SMILES string of the molecule is FC(F)(F)COCCC[SiH2]C(Cl)Cl. The van der Waals surface area contributed by atoms with Crippen LogP contribution < -0.4 is 0 Å². The molecule has 0 amide bonds. The highest BCUT2D eigenvalue weighted by Gasteiger charge is 2.27. The zero-order chi connectivity index (χ0) is 10.3. The van der Waals surface area contributed by atoms with Crippen molar-refractivity contribution in [2.45, 2.75) is 23.1 Å². The predicted octanol–water partition coefficient (Wildman–Crippen LogP) is 2.30. The van der Waals surface area contributed by atoms with Crippen LogP contribution in [0.4, 0.5) is 13.2 Å². The molecule has 0 saturated carbocycles. The van der Waals surface area contributed by atoms with Crippen LogP contribution in [0.3, 0.4) is 0 Å².